The van der Waals surface area contributed by atoms with Crippen molar-refractivity contribution in [2.45, 2.75) is 394 Å². The predicted molar refractivity (Wildman–Crippen MR) is 360 cm³/mol. The predicted octanol–water partition coefficient (Wildman–Crippen LogP) is 10.8. The highest BCUT2D eigenvalue weighted by molar-refractivity contribution is 5.76. The van der Waals surface area contributed by atoms with Gasteiger partial charge in [-0.15, -0.1) is 0 Å². The molecule has 19 heteroatoms. The van der Waals surface area contributed by atoms with Crippen molar-refractivity contribution in [2.24, 2.45) is 0 Å². The van der Waals surface area contributed by atoms with Crippen molar-refractivity contribution in [3.8, 4) is 0 Å². The number of hydrogen-bond donors (Lipinski definition) is 12. The average Bonchev–Trinajstić information content (AvgIpc) is 0.854. The third-order valence-electron chi connectivity index (χ3n) is 18.7. The smallest absolute Gasteiger partial charge is 0.220 e. The van der Waals surface area contributed by atoms with Gasteiger partial charge in [-0.25, -0.2) is 0 Å². The Morgan fingerprint density at radius 1 is 0.380 bits per heavy atom. The molecule has 17 atom stereocenters. The molecule has 0 aromatic carbocycles. The Morgan fingerprint density at radius 3 is 1.09 bits per heavy atom. The molecule has 0 aliphatic carbocycles. The summed E-state index contributed by atoms with van der Waals surface area (Å²) in [5.41, 5.74) is 0. The van der Waals surface area contributed by atoms with Gasteiger partial charge in [0.2, 0.25) is 5.91 Å². The van der Waals surface area contributed by atoms with Crippen LogP contribution < -0.4 is 5.32 Å². The molecule has 17 unspecified atom stereocenters. The van der Waals surface area contributed by atoms with Crippen LogP contribution in [-0.4, -0.2) is 193 Å². The number of carbonyl (C=O) groups is 1. The zero-order valence-electron chi connectivity index (χ0n) is 57.3. The van der Waals surface area contributed by atoms with E-state index in [1.807, 2.05) is 6.08 Å². The summed E-state index contributed by atoms with van der Waals surface area (Å²) in [4.78, 5) is 13.4. The van der Waals surface area contributed by atoms with E-state index in [0.717, 1.165) is 38.5 Å². The second kappa shape index (κ2) is 55.0. The number of amides is 1. The second-order valence-corrected chi connectivity index (χ2v) is 26.7. The minimum atomic E-state index is -1.98. The van der Waals surface area contributed by atoms with Crippen LogP contribution in [0.4, 0.5) is 0 Å². The molecule has 3 aliphatic rings. The molecule has 1 amide bonds. The fourth-order valence-electron chi connectivity index (χ4n) is 12.6. The fourth-order valence-corrected chi connectivity index (χ4v) is 12.6. The van der Waals surface area contributed by atoms with Crippen LogP contribution in [-0.2, 0) is 33.2 Å². The first-order chi connectivity index (χ1) is 44.8. The third-order valence-corrected chi connectivity index (χ3v) is 18.7. The van der Waals surface area contributed by atoms with Gasteiger partial charge in [-0.3, -0.25) is 4.79 Å². The number of aliphatic hydroxyl groups is 11. The number of rotatable bonds is 58. The van der Waals surface area contributed by atoms with Gasteiger partial charge in [0, 0.05) is 6.42 Å². The molecular formula is C73H135NO18. The lowest BCUT2D eigenvalue weighted by atomic mass is 9.96. The van der Waals surface area contributed by atoms with Gasteiger partial charge in [0.1, 0.15) is 73.2 Å². The highest BCUT2D eigenvalue weighted by Crippen LogP contribution is 2.33. The van der Waals surface area contributed by atoms with E-state index in [2.05, 4.69) is 43.5 Å². The maximum Gasteiger partial charge on any atom is 0.220 e. The molecule has 0 bridgehead atoms. The van der Waals surface area contributed by atoms with E-state index >= 15 is 0 Å². The van der Waals surface area contributed by atoms with E-state index in [-0.39, 0.29) is 18.9 Å². The number of nitrogens with one attached hydrogen (secondary N) is 1. The molecule has 0 spiro atoms. The van der Waals surface area contributed by atoms with Gasteiger partial charge in [0.05, 0.1) is 38.6 Å². The molecule has 0 radical (unpaired) electrons. The Hall–Kier alpha value is -1.99. The molecular weight excluding hydrogens is 1180 g/mol. The Bertz CT molecular complexity index is 1810. The van der Waals surface area contributed by atoms with E-state index in [4.69, 9.17) is 28.4 Å². The zero-order valence-corrected chi connectivity index (χ0v) is 57.3. The van der Waals surface area contributed by atoms with Gasteiger partial charge in [-0.05, 0) is 57.8 Å². The average molecular weight is 1310 g/mol. The van der Waals surface area contributed by atoms with Gasteiger partial charge in [0.25, 0.3) is 0 Å². The summed E-state index contributed by atoms with van der Waals surface area (Å²) < 4.78 is 34.4. The molecule has 3 aliphatic heterocycles. The van der Waals surface area contributed by atoms with E-state index < -0.39 is 124 Å². The van der Waals surface area contributed by atoms with Crippen LogP contribution in [0.3, 0.4) is 0 Å². The molecule has 12 N–H and O–H groups in total. The Kier molecular flexibility index (Phi) is 50.3. The quantitative estimate of drug-likeness (QED) is 0.0199. The third kappa shape index (κ3) is 36.0. The largest absolute Gasteiger partial charge is 0.394 e. The summed E-state index contributed by atoms with van der Waals surface area (Å²) in [5, 5.41) is 121. The Labute approximate surface area is 555 Å². The lowest BCUT2D eigenvalue weighted by Crippen LogP contribution is -2.66. The molecule has 19 nitrogen and oxygen atoms in total. The van der Waals surface area contributed by atoms with Crippen molar-refractivity contribution in [3.63, 3.8) is 0 Å². The summed E-state index contributed by atoms with van der Waals surface area (Å²) in [5.74, 6) is -0.281. The van der Waals surface area contributed by atoms with Gasteiger partial charge in [-0.2, -0.15) is 0 Å². The molecule has 3 saturated heterocycles. The number of ether oxygens (including phenoxy) is 6. The van der Waals surface area contributed by atoms with Crippen molar-refractivity contribution >= 4 is 5.91 Å². The lowest BCUT2D eigenvalue weighted by Gasteiger charge is -2.48. The maximum atomic E-state index is 13.4. The molecule has 3 fully saturated rings. The number of allylic oxidation sites excluding steroid dienone is 5. The van der Waals surface area contributed by atoms with Crippen molar-refractivity contribution in [1.29, 1.82) is 0 Å². The minimum absolute atomic E-state index is 0.238. The fraction of sp³-hybridized carbons (Fsp3) is 0.904. The normalized spacial score (nSPS) is 27.9. The zero-order chi connectivity index (χ0) is 66.8. The summed E-state index contributed by atoms with van der Waals surface area (Å²) in [6, 6.07) is -0.989. The van der Waals surface area contributed by atoms with Gasteiger partial charge in [0.15, 0.2) is 18.9 Å². The molecule has 0 saturated carbocycles. The van der Waals surface area contributed by atoms with Crippen LogP contribution in [0.1, 0.15) is 290 Å². The van der Waals surface area contributed by atoms with E-state index in [9.17, 15) is 61.0 Å². The number of hydrogen-bond acceptors (Lipinski definition) is 18. The number of carbonyl (C=O) groups excluding carboxylic acids is 1. The van der Waals surface area contributed by atoms with Gasteiger partial charge in [-0.1, -0.05) is 262 Å². The molecule has 540 valence electrons. The van der Waals surface area contributed by atoms with Crippen LogP contribution in [0, 0.1) is 0 Å². The summed E-state index contributed by atoms with van der Waals surface area (Å²) in [6.45, 7) is 1.75. The van der Waals surface area contributed by atoms with Crippen LogP contribution in [0.2, 0.25) is 0 Å². The van der Waals surface area contributed by atoms with Crippen molar-refractivity contribution in [2.75, 3.05) is 26.4 Å². The highest BCUT2D eigenvalue weighted by atomic mass is 16.8. The molecule has 92 heavy (non-hydrogen) atoms. The Balaban J connectivity index is 1.41. The van der Waals surface area contributed by atoms with Crippen molar-refractivity contribution < 1.29 is 89.4 Å². The van der Waals surface area contributed by atoms with E-state index in [1.165, 1.54) is 218 Å². The number of unbranched alkanes of at least 4 members (excludes halogenated alkanes) is 38. The molecule has 0 aromatic rings. The summed E-state index contributed by atoms with van der Waals surface area (Å²) in [7, 11) is 0. The first-order valence-electron chi connectivity index (χ1n) is 37.2. The maximum absolute atomic E-state index is 13.4. The summed E-state index contributed by atoms with van der Waals surface area (Å²) in [6.07, 6.45) is 38.4. The standard InChI is InChI=1S/C73H135NO18/c1-3-5-7-9-11-13-15-17-19-21-23-25-26-27-28-29-30-31-33-35-37-39-41-43-45-47-49-51-61(79)74-56(57(78)50-48-46-44-42-40-38-36-34-32-24-22-20-18-16-14-12-10-8-6-4-2)55-87-71-67(85)64(82)69(59(53-76)89-71)92-73-68(86)65(83)70(60(54-77)90-73)91-72-66(84)63(81)62(80)58(52-75)88-72/h21,23,40,42,48,50,56-60,62-73,75-78,80-86H,3-20,22,24-39,41,43-47,49,51-55H2,1-2H3,(H,74,79)/b23-21-,42-40+,50-48+. The Morgan fingerprint density at radius 2 is 0.696 bits per heavy atom. The van der Waals surface area contributed by atoms with Crippen molar-refractivity contribution in [1.82, 2.24) is 5.32 Å². The molecule has 0 aromatic heterocycles. The summed E-state index contributed by atoms with van der Waals surface area (Å²) >= 11 is 0. The highest BCUT2D eigenvalue weighted by Gasteiger charge is 2.53. The lowest BCUT2D eigenvalue weighted by molar-refractivity contribution is -0.379. The van der Waals surface area contributed by atoms with E-state index in [1.54, 1.807) is 6.08 Å². The number of aliphatic hydroxyl groups excluding tert-OH is 11. The van der Waals surface area contributed by atoms with Crippen molar-refractivity contribution in [3.05, 3.63) is 36.5 Å². The molecule has 3 rings (SSSR count). The van der Waals surface area contributed by atoms with Gasteiger partial charge < -0.3 is 89.9 Å². The van der Waals surface area contributed by atoms with Crippen LogP contribution in [0.5, 0.6) is 0 Å². The molecule has 3 heterocycles. The second-order valence-electron chi connectivity index (χ2n) is 26.7. The van der Waals surface area contributed by atoms with E-state index in [0.29, 0.717) is 12.8 Å². The SMILES string of the molecule is CCCCCCCCCC/C=C\CCCCCCCCCCCCCCCCCC(=O)NC(COC1OC(CO)C(OC2OC(CO)C(OC3OC(CO)C(O)C(O)C3O)C(O)C2O)C(O)C1O)C(O)/C=C/CC/C=C/CCCCCCCCCCCCCCCC. The van der Waals surface area contributed by atoms with Crippen LogP contribution >= 0.6 is 0 Å². The first-order valence-corrected chi connectivity index (χ1v) is 37.2. The minimum Gasteiger partial charge on any atom is -0.394 e. The first kappa shape index (κ1) is 84.2. The van der Waals surface area contributed by atoms with Crippen LogP contribution in [0.25, 0.3) is 0 Å². The van der Waals surface area contributed by atoms with Gasteiger partial charge >= 0.3 is 0 Å². The monoisotopic (exact) mass is 1310 g/mol. The topological polar surface area (TPSA) is 307 Å². The van der Waals surface area contributed by atoms with Crippen LogP contribution in [0.15, 0.2) is 36.5 Å².